The molecular formula is C25H23N5O2. The number of aromatic nitrogens is 4. The largest absolute Gasteiger partial charge is 0.333 e. The van der Waals surface area contributed by atoms with Crippen LogP contribution in [0.5, 0.6) is 0 Å². The molecule has 0 radical (unpaired) electrons. The van der Waals surface area contributed by atoms with Gasteiger partial charge in [0.15, 0.2) is 11.2 Å². The smallest absolute Gasteiger partial charge is 0.322 e. The Hall–Kier alpha value is -3.92. The fourth-order valence-corrected chi connectivity index (χ4v) is 4.65. The monoisotopic (exact) mass is 425 g/mol. The molecule has 160 valence electrons. The van der Waals surface area contributed by atoms with Crippen LogP contribution < -0.4 is 11.2 Å². The van der Waals surface area contributed by atoms with Crippen LogP contribution in [0, 0.1) is 11.3 Å². The van der Waals surface area contributed by atoms with Gasteiger partial charge in [-0.2, -0.15) is 5.26 Å². The molecule has 0 saturated heterocycles. The molecule has 5 rings (SSSR count). The third-order valence-corrected chi connectivity index (χ3v) is 6.31. The molecule has 0 atom stereocenters. The van der Waals surface area contributed by atoms with Gasteiger partial charge in [-0.15, -0.1) is 0 Å². The van der Waals surface area contributed by atoms with Crippen molar-refractivity contribution in [3.63, 3.8) is 0 Å². The van der Waals surface area contributed by atoms with Crippen molar-refractivity contribution in [1.82, 2.24) is 18.7 Å². The summed E-state index contributed by atoms with van der Waals surface area (Å²) in [5.74, 6) is 0. The maximum absolute atomic E-state index is 13.6. The van der Waals surface area contributed by atoms with Gasteiger partial charge in [-0.1, -0.05) is 61.4 Å². The van der Waals surface area contributed by atoms with Gasteiger partial charge in [-0.25, -0.2) is 9.78 Å². The summed E-state index contributed by atoms with van der Waals surface area (Å²) in [5.41, 5.74) is 2.16. The summed E-state index contributed by atoms with van der Waals surface area (Å²) < 4.78 is 4.78. The molecule has 4 aromatic rings. The SMILES string of the molecule is N#Cc1ccccc1Cn1c(=O)c2c(ncn2C2CCCC2)n(Cc2ccccc2)c1=O. The van der Waals surface area contributed by atoms with Crippen molar-refractivity contribution < 1.29 is 0 Å². The van der Waals surface area contributed by atoms with Gasteiger partial charge in [-0.3, -0.25) is 13.9 Å². The van der Waals surface area contributed by atoms with Crippen LogP contribution in [0.4, 0.5) is 0 Å². The summed E-state index contributed by atoms with van der Waals surface area (Å²) in [6, 6.07) is 19.1. The van der Waals surface area contributed by atoms with Gasteiger partial charge < -0.3 is 4.57 Å². The molecular weight excluding hydrogens is 402 g/mol. The van der Waals surface area contributed by atoms with Gasteiger partial charge >= 0.3 is 5.69 Å². The molecule has 0 aliphatic heterocycles. The van der Waals surface area contributed by atoms with Crippen LogP contribution in [0.15, 0.2) is 70.5 Å². The van der Waals surface area contributed by atoms with Crippen molar-refractivity contribution in [2.24, 2.45) is 0 Å². The molecule has 1 aliphatic rings. The lowest BCUT2D eigenvalue weighted by molar-refractivity contribution is 0.527. The van der Waals surface area contributed by atoms with Crippen molar-refractivity contribution in [2.45, 2.75) is 44.8 Å². The van der Waals surface area contributed by atoms with Gasteiger partial charge in [0.05, 0.1) is 31.0 Å². The molecule has 1 fully saturated rings. The minimum absolute atomic E-state index is 0.0436. The van der Waals surface area contributed by atoms with Gasteiger partial charge in [0.1, 0.15) is 0 Å². The minimum atomic E-state index is -0.421. The Morgan fingerprint density at radius 1 is 0.938 bits per heavy atom. The van der Waals surface area contributed by atoms with Crippen molar-refractivity contribution in [2.75, 3.05) is 0 Å². The van der Waals surface area contributed by atoms with E-state index in [0.717, 1.165) is 31.2 Å². The third kappa shape index (κ3) is 3.44. The van der Waals surface area contributed by atoms with Crippen LogP contribution in [0.3, 0.4) is 0 Å². The Labute approximate surface area is 184 Å². The Kier molecular flexibility index (Phi) is 5.20. The van der Waals surface area contributed by atoms with Gasteiger partial charge in [0.2, 0.25) is 0 Å². The van der Waals surface area contributed by atoms with E-state index in [1.165, 1.54) is 4.57 Å². The van der Waals surface area contributed by atoms with Crippen LogP contribution in [0.25, 0.3) is 11.2 Å². The number of rotatable bonds is 5. The topological polar surface area (TPSA) is 85.6 Å². The average Bonchev–Trinajstić information content (AvgIpc) is 3.50. The van der Waals surface area contributed by atoms with Crippen molar-refractivity contribution in [3.8, 4) is 6.07 Å². The maximum atomic E-state index is 13.6. The third-order valence-electron chi connectivity index (χ3n) is 6.31. The number of benzene rings is 2. The lowest BCUT2D eigenvalue weighted by Gasteiger charge is -2.15. The Bertz CT molecular complexity index is 1430. The predicted octanol–water partition coefficient (Wildman–Crippen LogP) is 3.44. The number of hydrogen-bond acceptors (Lipinski definition) is 4. The van der Waals surface area contributed by atoms with Gasteiger partial charge in [0.25, 0.3) is 5.56 Å². The first kappa shape index (κ1) is 20.0. The molecule has 7 nitrogen and oxygen atoms in total. The number of imidazole rings is 1. The summed E-state index contributed by atoms with van der Waals surface area (Å²) in [6.45, 7) is 0.361. The van der Waals surface area contributed by atoms with Crippen LogP contribution >= 0.6 is 0 Å². The summed E-state index contributed by atoms with van der Waals surface area (Å²) in [5, 5.41) is 9.48. The first-order chi connectivity index (χ1) is 15.7. The molecule has 0 amide bonds. The van der Waals surface area contributed by atoms with Gasteiger partial charge in [-0.05, 0) is 30.0 Å². The highest BCUT2D eigenvalue weighted by molar-refractivity contribution is 5.70. The highest BCUT2D eigenvalue weighted by Gasteiger charge is 2.24. The van der Waals surface area contributed by atoms with E-state index in [4.69, 9.17) is 0 Å². The van der Waals surface area contributed by atoms with E-state index >= 15 is 0 Å². The predicted molar refractivity (Wildman–Crippen MR) is 122 cm³/mol. The van der Waals surface area contributed by atoms with E-state index in [2.05, 4.69) is 11.1 Å². The normalized spacial score (nSPS) is 14.1. The fourth-order valence-electron chi connectivity index (χ4n) is 4.65. The van der Waals surface area contributed by atoms with Crippen LogP contribution in [0.1, 0.15) is 48.4 Å². The molecule has 0 N–H and O–H groups in total. The van der Waals surface area contributed by atoms with E-state index < -0.39 is 5.69 Å². The zero-order valence-corrected chi connectivity index (χ0v) is 17.6. The second-order valence-electron chi connectivity index (χ2n) is 8.28. The van der Waals surface area contributed by atoms with Gasteiger partial charge in [0, 0.05) is 6.04 Å². The maximum Gasteiger partial charge on any atom is 0.333 e. The zero-order valence-electron chi connectivity index (χ0n) is 17.6. The molecule has 2 heterocycles. The van der Waals surface area contributed by atoms with Crippen LogP contribution in [-0.2, 0) is 13.1 Å². The average molecular weight is 425 g/mol. The first-order valence-corrected chi connectivity index (χ1v) is 10.9. The summed E-state index contributed by atoms with van der Waals surface area (Å²) in [6.07, 6.45) is 5.95. The number of nitriles is 1. The highest BCUT2D eigenvalue weighted by atomic mass is 16.2. The van der Waals surface area contributed by atoms with Crippen molar-refractivity contribution >= 4 is 11.2 Å². The van der Waals surface area contributed by atoms with Crippen molar-refractivity contribution in [1.29, 1.82) is 5.26 Å². The Morgan fingerprint density at radius 3 is 2.41 bits per heavy atom. The fraction of sp³-hybridized carbons (Fsp3) is 0.280. The highest BCUT2D eigenvalue weighted by Crippen LogP contribution is 2.31. The molecule has 32 heavy (non-hydrogen) atoms. The standard InChI is InChI=1S/C25H23N5O2/c26-14-19-10-4-5-11-20(19)16-29-24(31)22-23(27-17-30(22)21-12-6-7-13-21)28(25(29)32)15-18-8-2-1-3-9-18/h1-5,8-11,17,21H,6-7,12-13,15-16H2. The van der Waals surface area contributed by atoms with E-state index in [9.17, 15) is 14.9 Å². The molecule has 2 aromatic heterocycles. The van der Waals surface area contributed by atoms with E-state index in [1.54, 1.807) is 29.1 Å². The van der Waals surface area contributed by atoms with Crippen LogP contribution in [-0.4, -0.2) is 18.7 Å². The molecule has 7 heteroatoms. The van der Waals surface area contributed by atoms with E-state index in [1.807, 2.05) is 41.0 Å². The number of hydrogen-bond donors (Lipinski definition) is 0. The quantitative estimate of drug-likeness (QED) is 0.490. The van der Waals surface area contributed by atoms with Crippen molar-refractivity contribution in [3.05, 3.63) is 98.5 Å². The first-order valence-electron chi connectivity index (χ1n) is 10.9. The van der Waals surface area contributed by atoms with E-state index in [0.29, 0.717) is 28.8 Å². The summed E-state index contributed by atoms with van der Waals surface area (Å²) in [4.78, 5) is 31.7. The lowest BCUT2D eigenvalue weighted by Crippen LogP contribution is -2.41. The molecule has 0 spiro atoms. The summed E-state index contributed by atoms with van der Waals surface area (Å²) >= 11 is 0. The zero-order chi connectivity index (χ0) is 22.1. The second-order valence-corrected chi connectivity index (χ2v) is 8.28. The second kappa shape index (κ2) is 8.31. The van der Waals surface area contributed by atoms with E-state index in [-0.39, 0.29) is 18.1 Å². The molecule has 2 aromatic carbocycles. The molecule has 1 saturated carbocycles. The molecule has 0 bridgehead atoms. The molecule has 1 aliphatic carbocycles. The minimum Gasteiger partial charge on any atom is -0.322 e. The number of fused-ring (bicyclic) bond motifs is 1. The molecule has 0 unspecified atom stereocenters. The lowest BCUT2D eigenvalue weighted by atomic mass is 10.1. The van der Waals surface area contributed by atoms with Crippen LogP contribution in [0.2, 0.25) is 0 Å². The summed E-state index contributed by atoms with van der Waals surface area (Å²) in [7, 11) is 0. The number of nitrogens with zero attached hydrogens (tertiary/aromatic N) is 5. The Morgan fingerprint density at radius 2 is 1.66 bits per heavy atom. The Balaban J connectivity index is 1.73.